The molecule has 0 saturated heterocycles. The fraction of sp³-hybridized carbons (Fsp3) is 0.417. The summed E-state index contributed by atoms with van der Waals surface area (Å²) in [5.74, 6) is -0.832. The molecule has 0 saturated carbocycles. The molecule has 0 amide bonds. The second-order valence-corrected chi connectivity index (χ2v) is 16.9. The van der Waals surface area contributed by atoms with Gasteiger partial charge in [-0.25, -0.2) is 16.8 Å². The van der Waals surface area contributed by atoms with E-state index in [9.17, 15) is 25.9 Å². The second-order valence-electron chi connectivity index (χ2n) is 13.5. The van der Waals surface area contributed by atoms with Crippen molar-refractivity contribution in [3.8, 4) is 0 Å². The van der Waals surface area contributed by atoms with E-state index in [1.807, 2.05) is 36.4 Å². The zero-order valence-electron chi connectivity index (χ0n) is 28.3. The SMILES string of the molecule is CC1(C)C(/C=C/C2=C(Cl)C(=C/C=C3/N(CCCS(=O)(=O)[O-])c4ccccc4C3(C)C)/CCC2)=[N+](CCCS(=O)(=O)[O-])c2ccccc21.[K+]. The van der Waals surface area contributed by atoms with Crippen LogP contribution in [0.5, 0.6) is 0 Å². The summed E-state index contributed by atoms with van der Waals surface area (Å²) in [4.78, 5) is 2.11. The third-order valence-corrected chi connectivity index (χ3v) is 11.6. The van der Waals surface area contributed by atoms with Gasteiger partial charge in [-0.05, 0) is 68.4 Å². The van der Waals surface area contributed by atoms with Crippen LogP contribution in [0, 0.1) is 0 Å². The number of benzene rings is 2. The number of fused-ring (bicyclic) bond motifs is 2. The average Bonchev–Trinajstić information content (AvgIpc) is 3.33. The number of rotatable bonds is 11. The third kappa shape index (κ3) is 8.73. The van der Waals surface area contributed by atoms with Crippen LogP contribution < -0.4 is 56.3 Å². The van der Waals surface area contributed by atoms with E-state index in [2.05, 4.69) is 73.6 Å². The predicted octanol–water partition coefficient (Wildman–Crippen LogP) is 3.78. The van der Waals surface area contributed by atoms with Crippen molar-refractivity contribution in [3.63, 3.8) is 0 Å². The molecule has 0 atom stereocenters. The van der Waals surface area contributed by atoms with Gasteiger partial charge in [-0.3, -0.25) is 0 Å². The molecule has 48 heavy (non-hydrogen) atoms. The van der Waals surface area contributed by atoms with Crippen molar-refractivity contribution in [3.05, 3.63) is 106 Å². The zero-order valence-corrected chi connectivity index (χ0v) is 33.8. The van der Waals surface area contributed by atoms with Crippen molar-refractivity contribution < 1.29 is 81.9 Å². The van der Waals surface area contributed by atoms with Crippen LogP contribution in [0.2, 0.25) is 0 Å². The Labute approximate surface area is 333 Å². The molecule has 5 rings (SSSR count). The Morgan fingerprint density at radius 1 is 0.833 bits per heavy atom. The molecule has 2 heterocycles. The third-order valence-electron chi connectivity index (χ3n) is 9.49. The molecule has 0 N–H and O–H groups in total. The molecular weight excluding hydrogens is 695 g/mol. The molecule has 0 radical (unpaired) electrons. The Morgan fingerprint density at radius 2 is 1.46 bits per heavy atom. The van der Waals surface area contributed by atoms with Crippen LogP contribution in [0.4, 0.5) is 11.4 Å². The Balaban J connectivity index is 0.00000520. The minimum Gasteiger partial charge on any atom is -0.748 e. The first-order valence-electron chi connectivity index (χ1n) is 16.0. The van der Waals surface area contributed by atoms with Crippen molar-refractivity contribution in [2.24, 2.45) is 0 Å². The molecule has 252 valence electrons. The van der Waals surface area contributed by atoms with E-state index in [4.69, 9.17) is 11.6 Å². The van der Waals surface area contributed by atoms with Crippen molar-refractivity contribution in [1.82, 2.24) is 0 Å². The summed E-state index contributed by atoms with van der Waals surface area (Å²) in [5.41, 5.74) is 7.65. The Hall–Kier alpha value is -1.38. The molecule has 2 aromatic rings. The van der Waals surface area contributed by atoms with Crippen molar-refractivity contribution in [2.45, 2.75) is 70.6 Å². The number of halogens is 1. The smallest absolute Gasteiger partial charge is 0.748 e. The summed E-state index contributed by atoms with van der Waals surface area (Å²) in [6.45, 7) is 9.38. The molecule has 3 aliphatic rings. The molecule has 0 fully saturated rings. The van der Waals surface area contributed by atoms with Gasteiger partial charge in [0.1, 0.15) is 6.54 Å². The molecule has 2 aromatic carbocycles. The molecular formula is C36H42ClKN2O6S2. The van der Waals surface area contributed by atoms with Gasteiger partial charge in [-0.2, -0.15) is 4.58 Å². The minimum atomic E-state index is -4.31. The quantitative estimate of drug-likeness (QED) is 0.196. The second kappa shape index (κ2) is 15.5. The number of anilines is 1. The first kappa shape index (κ1) is 39.4. The molecule has 1 aliphatic carbocycles. The number of hydrogen-bond donors (Lipinski definition) is 0. The van der Waals surface area contributed by atoms with Crippen molar-refractivity contribution in [2.75, 3.05) is 29.5 Å². The van der Waals surface area contributed by atoms with E-state index in [0.29, 0.717) is 18.1 Å². The molecule has 8 nitrogen and oxygen atoms in total. The maximum Gasteiger partial charge on any atom is 1.00 e. The van der Waals surface area contributed by atoms with Gasteiger partial charge in [0.25, 0.3) is 0 Å². The number of allylic oxidation sites excluding steroid dienone is 8. The first-order chi connectivity index (χ1) is 22.0. The van der Waals surface area contributed by atoms with Crippen LogP contribution in [-0.4, -0.2) is 60.8 Å². The molecule has 12 heteroatoms. The summed E-state index contributed by atoms with van der Waals surface area (Å²) in [5, 5.41) is 0.694. The van der Waals surface area contributed by atoms with E-state index in [-0.39, 0.29) is 75.1 Å². The van der Waals surface area contributed by atoms with Crippen LogP contribution >= 0.6 is 11.6 Å². The Kier molecular flexibility index (Phi) is 12.7. The molecule has 2 aliphatic heterocycles. The van der Waals surface area contributed by atoms with Gasteiger partial charge in [-0.15, -0.1) is 0 Å². The summed E-state index contributed by atoms with van der Waals surface area (Å²) < 4.78 is 70.1. The van der Waals surface area contributed by atoms with Crippen LogP contribution in [0.25, 0.3) is 0 Å². The van der Waals surface area contributed by atoms with Gasteiger partial charge in [0.2, 0.25) is 5.69 Å². The monoisotopic (exact) mass is 736 g/mol. The maximum atomic E-state index is 11.3. The van der Waals surface area contributed by atoms with E-state index < -0.39 is 31.7 Å². The van der Waals surface area contributed by atoms with Gasteiger partial charge in [0.05, 0.1) is 25.7 Å². The topological polar surface area (TPSA) is 121 Å². The van der Waals surface area contributed by atoms with Crippen LogP contribution in [0.1, 0.15) is 70.9 Å². The van der Waals surface area contributed by atoms with Gasteiger partial charge in [0.15, 0.2) is 5.71 Å². The van der Waals surface area contributed by atoms with Crippen molar-refractivity contribution in [1.29, 1.82) is 0 Å². The summed E-state index contributed by atoms with van der Waals surface area (Å²) in [6.07, 6.45) is 11.3. The van der Waals surface area contributed by atoms with E-state index in [0.717, 1.165) is 64.3 Å². The number of para-hydroxylation sites is 2. The number of hydrogen-bond acceptors (Lipinski definition) is 7. The van der Waals surface area contributed by atoms with Crippen molar-refractivity contribution >= 4 is 48.9 Å². The standard InChI is InChI=1S/C36H43ClN2O6S2.K/c1-35(2)28-14-5-7-16-30(28)38(22-10-24-46(40,41)42)32(35)20-18-26-12-9-13-27(34(26)37)19-21-33-36(3,4)29-15-6-8-17-31(29)39(33)23-11-25-47(43,44)45;/h5-8,14-21H,9-13,22-25H2,1-4H3,(H-,40,41,42,43,44,45);/q;+1/p-1. The van der Waals surface area contributed by atoms with Crippen LogP contribution in [0.15, 0.2) is 94.7 Å². The Morgan fingerprint density at radius 3 is 2.15 bits per heavy atom. The van der Waals surface area contributed by atoms with Crippen LogP contribution in [0.3, 0.4) is 0 Å². The van der Waals surface area contributed by atoms with Gasteiger partial charge in [0, 0.05) is 64.0 Å². The summed E-state index contributed by atoms with van der Waals surface area (Å²) in [6, 6.07) is 16.1. The fourth-order valence-electron chi connectivity index (χ4n) is 7.13. The fourth-order valence-corrected chi connectivity index (χ4v) is 8.41. The van der Waals surface area contributed by atoms with Gasteiger partial charge < -0.3 is 14.0 Å². The summed E-state index contributed by atoms with van der Waals surface area (Å²) >= 11 is 7.07. The van der Waals surface area contributed by atoms with E-state index in [1.165, 1.54) is 0 Å². The molecule has 0 aromatic heterocycles. The predicted molar refractivity (Wildman–Crippen MR) is 186 cm³/mol. The zero-order chi connectivity index (χ0) is 34.2. The minimum absolute atomic E-state index is 0. The molecule has 0 bridgehead atoms. The average molecular weight is 737 g/mol. The van der Waals surface area contributed by atoms with E-state index >= 15 is 0 Å². The van der Waals surface area contributed by atoms with Crippen LogP contribution in [-0.2, 0) is 31.1 Å². The normalized spacial score (nSPS) is 20.5. The summed E-state index contributed by atoms with van der Waals surface area (Å²) in [7, 11) is -8.62. The van der Waals surface area contributed by atoms with E-state index in [1.54, 1.807) is 0 Å². The number of nitrogens with zero attached hydrogens (tertiary/aromatic N) is 2. The first-order valence-corrected chi connectivity index (χ1v) is 19.5. The van der Waals surface area contributed by atoms with Gasteiger partial charge in [-0.1, -0.05) is 74.0 Å². The maximum absolute atomic E-state index is 11.3. The Bertz CT molecular complexity index is 1940. The van der Waals surface area contributed by atoms with Gasteiger partial charge >= 0.3 is 51.4 Å². The largest absolute Gasteiger partial charge is 1.00 e. The molecule has 0 spiro atoms. The molecule has 0 unspecified atom stereocenters.